The number of nitrogens with one attached hydrogen (secondary N) is 1. The highest BCUT2D eigenvalue weighted by Gasteiger charge is 2.40. The fraction of sp³-hybridized carbons (Fsp3) is 0.318. The molecule has 0 unspecified atom stereocenters. The van der Waals surface area contributed by atoms with Gasteiger partial charge in [-0.2, -0.15) is 8.42 Å². The molecule has 0 radical (unpaired) electrons. The van der Waals surface area contributed by atoms with Crippen molar-refractivity contribution in [1.29, 1.82) is 0 Å². The Morgan fingerprint density at radius 3 is 2.63 bits per heavy atom. The first-order valence-corrected chi connectivity index (χ1v) is 11.4. The lowest BCUT2D eigenvalue weighted by Crippen LogP contribution is -2.15. The molecule has 2 aromatic rings. The zero-order valence-corrected chi connectivity index (χ0v) is 17.7. The van der Waals surface area contributed by atoms with Crippen LogP contribution in [0.15, 0.2) is 36.4 Å². The SMILES string of the molecule is CC1(C)O/C(=C2/C(=O)Nc3ccc(F)cc32)c2ccc(CCCOS(C)(=O)=O)cc21. The first-order chi connectivity index (χ1) is 14.0. The Balaban J connectivity index is 1.68. The molecule has 2 aliphatic heterocycles. The molecule has 8 heteroatoms. The number of benzene rings is 2. The maximum atomic E-state index is 13.8. The molecule has 2 aromatic carbocycles. The Morgan fingerprint density at radius 2 is 1.90 bits per heavy atom. The number of hydrogen-bond donors (Lipinski definition) is 1. The van der Waals surface area contributed by atoms with E-state index < -0.39 is 21.5 Å². The molecule has 0 fully saturated rings. The smallest absolute Gasteiger partial charge is 0.264 e. The van der Waals surface area contributed by atoms with Crippen LogP contribution in [-0.2, 0) is 35.9 Å². The van der Waals surface area contributed by atoms with E-state index in [4.69, 9.17) is 8.92 Å². The van der Waals surface area contributed by atoms with E-state index in [0.29, 0.717) is 35.4 Å². The van der Waals surface area contributed by atoms with Gasteiger partial charge in [0, 0.05) is 22.4 Å². The molecule has 30 heavy (non-hydrogen) atoms. The van der Waals surface area contributed by atoms with E-state index in [1.165, 1.54) is 12.1 Å². The second-order valence-electron chi connectivity index (χ2n) is 7.97. The van der Waals surface area contributed by atoms with Crippen molar-refractivity contribution < 1.29 is 26.5 Å². The zero-order valence-electron chi connectivity index (χ0n) is 16.9. The van der Waals surface area contributed by atoms with Gasteiger partial charge >= 0.3 is 0 Å². The number of fused-ring (bicyclic) bond motifs is 2. The molecule has 0 saturated carbocycles. The molecule has 0 spiro atoms. The topological polar surface area (TPSA) is 81.7 Å². The van der Waals surface area contributed by atoms with Gasteiger partial charge in [0.25, 0.3) is 16.0 Å². The quantitative estimate of drug-likeness (QED) is 0.442. The molecule has 2 heterocycles. The molecule has 0 aromatic heterocycles. The van der Waals surface area contributed by atoms with Gasteiger partial charge in [-0.3, -0.25) is 8.98 Å². The van der Waals surface area contributed by atoms with Crippen molar-refractivity contribution in [2.24, 2.45) is 0 Å². The van der Waals surface area contributed by atoms with Crippen molar-refractivity contribution in [2.45, 2.75) is 32.3 Å². The molecule has 0 aliphatic carbocycles. The molecule has 1 N–H and O–H groups in total. The predicted molar refractivity (Wildman–Crippen MR) is 112 cm³/mol. The van der Waals surface area contributed by atoms with Gasteiger partial charge in [-0.1, -0.05) is 18.2 Å². The summed E-state index contributed by atoms with van der Waals surface area (Å²) in [6.45, 7) is 3.94. The van der Waals surface area contributed by atoms with Crippen LogP contribution >= 0.6 is 0 Å². The third-order valence-corrected chi connectivity index (χ3v) is 5.79. The van der Waals surface area contributed by atoms with Crippen LogP contribution < -0.4 is 5.32 Å². The summed E-state index contributed by atoms with van der Waals surface area (Å²) in [5.74, 6) is -0.312. The summed E-state index contributed by atoms with van der Waals surface area (Å²) < 4.78 is 47.0. The van der Waals surface area contributed by atoms with E-state index in [9.17, 15) is 17.6 Å². The molecule has 0 bridgehead atoms. The zero-order chi connectivity index (χ0) is 21.7. The van der Waals surface area contributed by atoms with Crippen LogP contribution in [0.4, 0.5) is 10.1 Å². The Labute approximate surface area is 174 Å². The fourth-order valence-electron chi connectivity index (χ4n) is 3.85. The van der Waals surface area contributed by atoms with Crippen LogP contribution in [0.2, 0.25) is 0 Å². The van der Waals surface area contributed by atoms with Gasteiger partial charge in [0.1, 0.15) is 17.2 Å². The number of carbonyl (C=O) groups is 1. The van der Waals surface area contributed by atoms with Crippen LogP contribution in [0.3, 0.4) is 0 Å². The van der Waals surface area contributed by atoms with Crippen LogP contribution in [0.5, 0.6) is 0 Å². The molecule has 0 atom stereocenters. The number of amides is 1. The number of carbonyl (C=O) groups excluding carboxylic acids is 1. The van der Waals surface area contributed by atoms with Gasteiger partial charge in [-0.05, 0) is 50.5 Å². The van der Waals surface area contributed by atoms with Gasteiger partial charge in [0.15, 0.2) is 0 Å². The Morgan fingerprint density at radius 1 is 1.13 bits per heavy atom. The first-order valence-electron chi connectivity index (χ1n) is 9.58. The summed E-state index contributed by atoms with van der Waals surface area (Å²) in [4.78, 5) is 12.6. The average Bonchev–Trinajstić information content (AvgIpc) is 3.10. The maximum absolute atomic E-state index is 13.8. The van der Waals surface area contributed by atoms with E-state index in [2.05, 4.69) is 5.32 Å². The van der Waals surface area contributed by atoms with E-state index in [1.54, 1.807) is 6.07 Å². The number of hydrogen-bond acceptors (Lipinski definition) is 5. The van der Waals surface area contributed by atoms with Crippen molar-refractivity contribution in [3.05, 3.63) is 64.5 Å². The maximum Gasteiger partial charge on any atom is 0.264 e. The van der Waals surface area contributed by atoms with Crippen molar-refractivity contribution in [3.63, 3.8) is 0 Å². The Bertz CT molecular complexity index is 1180. The predicted octanol–water partition coefficient (Wildman–Crippen LogP) is 3.82. The lowest BCUT2D eigenvalue weighted by atomic mass is 9.91. The highest BCUT2D eigenvalue weighted by molar-refractivity contribution is 7.85. The van der Waals surface area contributed by atoms with Crippen molar-refractivity contribution in [2.75, 3.05) is 18.2 Å². The summed E-state index contributed by atoms with van der Waals surface area (Å²) in [6, 6.07) is 10.00. The minimum Gasteiger partial charge on any atom is -0.482 e. The lowest BCUT2D eigenvalue weighted by molar-refractivity contribution is -0.110. The van der Waals surface area contributed by atoms with Gasteiger partial charge in [-0.25, -0.2) is 4.39 Å². The van der Waals surface area contributed by atoms with E-state index in [0.717, 1.165) is 22.9 Å². The molecule has 158 valence electrons. The summed E-state index contributed by atoms with van der Waals surface area (Å²) in [6.07, 6.45) is 2.22. The van der Waals surface area contributed by atoms with E-state index >= 15 is 0 Å². The minimum atomic E-state index is -3.45. The summed E-state index contributed by atoms with van der Waals surface area (Å²) in [5.41, 5.74) is 3.42. The number of halogens is 1. The molecular formula is C22H22FNO5S. The normalized spacial score (nSPS) is 19.3. The second kappa shape index (κ2) is 7.21. The molecule has 0 saturated heterocycles. The number of rotatable bonds is 5. The number of aryl methyl sites for hydroxylation is 1. The molecule has 1 amide bonds. The Kier molecular flexibility index (Phi) is 4.94. The number of ether oxygens (including phenoxy) is 1. The highest BCUT2D eigenvalue weighted by atomic mass is 32.2. The third kappa shape index (κ3) is 3.85. The molecular weight excluding hydrogens is 409 g/mol. The van der Waals surface area contributed by atoms with Crippen molar-refractivity contribution in [1.82, 2.24) is 0 Å². The molecule has 2 aliphatic rings. The molecule has 4 rings (SSSR count). The van der Waals surface area contributed by atoms with Crippen LogP contribution in [0, 0.1) is 5.82 Å². The summed E-state index contributed by atoms with van der Waals surface area (Å²) in [7, 11) is -3.45. The van der Waals surface area contributed by atoms with Crippen molar-refractivity contribution in [3.8, 4) is 0 Å². The van der Waals surface area contributed by atoms with Gasteiger partial charge in [0.2, 0.25) is 0 Å². The summed E-state index contributed by atoms with van der Waals surface area (Å²) >= 11 is 0. The first kappa shape index (κ1) is 20.6. The summed E-state index contributed by atoms with van der Waals surface area (Å²) in [5, 5.41) is 2.76. The lowest BCUT2D eigenvalue weighted by Gasteiger charge is -2.20. The van der Waals surface area contributed by atoms with E-state index in [1.807, 2.05) is 32.0 Å². The highest BCUT2D eigenvalue weighted by Crippen LogP contribution is 2.48. The third-order valence-electron chi connectivity index (χ3n) is 5.19. The van der Waals surface area contributed by atoms with Gasteiger partial charge in [-0.15, -0.1) is 0 Å². The van der Waals surface area contributed by atoms with E-state index in [-0.39, 0.29) is 12.5 Å². The van der Waals surface area contributed by atoms with Crippen LogP contribution in [-0.4, -0.2) is 27.2 Å². The largest absolute Gasteiger partial charge is 0.482 e. The van der Waals surface area contributed by atoms with Crippen molar-refractivity contribution >= 4 is 33.0 Å². The average molecular weight is 431 g/mol. The van der Waals surface area contributed by atoms with Gasteiger partial charge < -0.3 is 10.1 Å². The Hall–Kier alpha value is -2.71. The van der Waals surface area contributed by atoms with Gasteiger partial charge in [0.05, 0.1) is 18.4 Å². The van der Waals surface area contributed by atoms with Crippen LogP contribution in [0.1, 0.15) is 42.5 Å². The monoisotopic (exact) mass is 431 g/mol. The van der Waals surface area contributed by atoms with Crippen LogP contribution in [0.25, 0.3) is 11.3 Å². The minimum absolute atomic E-state index is 0.119. The molecule has 6 nitrogen and oxygen atoms in total. The second-order valence-corrected chi connectivity index (χ2v) is 9.61. The number of anilines is 1. The standard InChI is InChI=1S/C22H22FNO5S/c1-22(2)17-11-13(5-4-10-28-30(3,26)27)6-8-15(17)20(29-22)19-16-12-14(23)7-9-18(16)24-21(19)25/h6-9,11-12H,4-5,10H2,1-3H3,(H,24,25)/b20-19+. The fourth-order valence-corrected chi connectivity index (χ4v) is 4.27.